The van der Waals surface area contributed by atoms with Crippen molar-refractivity contribution >= 4 is 16.8 Å². The largest absolute Gasteiger partial charge is 0.379 e. The van der Waals surface area contributed by atoms with Crippen LogP contribution in [-0.2, 0) is 16.1 Å². The fourth-order valence-electron chi connectivity index (χ4n) is 3.81. The summed E-state index contributed by atoms with van der Waals surface area (Å²) in [5.41, 5.74) is 2.45. The van der Waals surface area contributed by atoms with Gasteiger partial charge in [-0.05, 0) is 24.1 Å². The third-order valence-electron chi connectivity index (χ3n) is 5.45. The summed E-state index contributed by atoms with van der Waals surface area (Å²) >= 11 is 0. The fraction of sp³-hybridized carbons (Fsp3) is 0.348. The van der Waals surface area contributed by atoms with E-state index in [2.05, 4.69) is 15.2 Å². The molecule has 7 nitrogen and oxygen atoms in total. The maximum Gasteiger partial charge on any atom is 0.261 e. The Bertz CT molecular complexity index is 1070. The van der Waals surface area contributed by atoms with Crippen LogP contribution in [0.2, 0.25) is 0 Å². The number of nitrogens with one attached hydrogen (secondary N) is 1. The molecule has 1 aliphatic rings. The Morgan fingerprint density at radius 3 is 2.67 bits per heavy atom. The van der Waals surface area contributed by atoms with Crippen LogP contribution < -0.4 is 10.9 Å². The molecule has 1 unspecified atom stereocenters. The number of carbonyl (C=O) groups is 1. The highest BCUT2D eigenvalue weighted by atomic mass is 16.5. The number of ether oxygens (including phenoxy) is 1. The number of hydrogen-bond acceptors (Lipinski definition) is 5. The van der Waals surface area contributed by atoms with Crippen LogP contribution in [0.15, 0.2) is 59.7 Å². The normalized spacial score (nSPS) is 15.8. The zero-order valence-electron chi connectivity index (χ0n) is 17.1. The first-order valence-corrected chi connectivity index (χ1v) is 10.2. The van der Waals surface area contributed by atoms with Crippen LogP contribution >= 0.6 is 0 Å². The van der Waals surface area contributed by atoms with E-state index >= 15 is 0 Å². The van der Waals surface area contributed by atoms with Gasteiger partial charge in [-0.15, -0.1) is 0 Å². The maximum absolute atomic E-state index is 12.9. The van der Waals surface area contributed by atoms with Gasteiger partial charge in [0.15, 0.2) is 0 Å². The molecule has 30 heavy (non-hydrogen) atoms. The Hall–Kier alpha value is -3.03. The second-order valence-corrected chi connectivity index (χ2v) is 7.59. The Balaban J connectivity index is 1.52. The molecular weight excluding hydrogens is 380 g/mol. The van der Waals surface area contributed by atoms with E-state index in [4.69, 9.17) is 4.74 Å². The summed E-state index contributed by atoms with van der Waals surface area (Å²) in [6.07, 6.45) is 1.46. The summed E-state index contributed by atoms with van der Waals surface area (Å²) in [6, 6.07) is 15.2. The number of rotatable bonds is 6. The summed E-state index contributed by atoms with van der Waals surface area (Å²) in [5, 5.41) is 3.63. The van der Waals surface area contributed by atoms with Crippen molar-refractivity contribution in [3.8, 4) is 0 Å². The first kappa shape index (κ1) is 20.3. The lowest BCUT2D eigenvalue weighted by Crippen LogP contribution is -2.44. The molecule has 0 saturated carbocycles. The summed E-state index contributed by atoms with van der Waals surface area (Å²) in [4.78, 5) is 32.3. The molecule has 0 bridgehead atoms. The van der Waals surface area contributed by atoms with E-state index in [0.29, 0.717) is 30.7 Å². The summed E-state index contributed by atoms with van der Waals surface area (Å²) in [7, 11) is 0. The van der Waals surface area contributed by atoms with Crippen LogP contribution in [0.5, 0.6) is 0 Å². The van der Waals surface area contributed by atoms with Crippen LogP contribution in [0, 0.1) is 6.92 Å². The molecule has 156 valence electrons. The lowest BCUT2D eigenvalue weighted by Gasteiger charge is -2.31. The van der Waals surface area contributed by atoms with Crippen molar-refractivity contribution < 1.29 is 9.53 Å². The minimum Gasteiger partial charge on any atom is -0.379 e. The molecule has 1 fully saturated rings. The molecule has 3 aromatic rings. The molecule has 1 N–H and O–H groups in total. The Kier molecular flexibility index (Phi) is 6.21. The number of para-hydroxylation sites is 1. The van der Waals surface area contributed by atoms with E-state index in [9.17, 15) is 9.59 Å². The van der Waals surface area contributed by atoms with Crippen molar-refractivity contribution in [3.63, 3.8) is 0 Å². The molecule has 4 rings (SSSR count). The fourth-order valence-corrected chi connectivity index (χ4v) is 3.81. The van der Waals surface area contributed by atoms with Crippen molar-refractivity contribution in [1.29, 1.82) is 0 Å². The van der Waals surface area contributed by atoms with Gasteiger partial charge in [-0.25, -0.2) is 4.98 Å². The van der Waals surface area contributed by atoms with Gasteiger partial charge in [0, 0.05) is 19.6 Å². The number of aryl methyl sites for hydroxylation is 1. The topological polar surface area (TPSA) is 76.5 Å². The number of morpholine rings is 1. The molecule has 7 heteroatoms. The Morgan fingerprint density at radius 1 is 1.13 bits per heavy atom. The first-order chi connectivity index (χ1) is 14.6. The molecule has 1 aliphatic heterocycles. The second kappa shape index (κ2) is 9.19. The van der Waals surface area contributed by atoms with Gasteiger partial charge < -0.3 is 10.1 Å². The summed E-state index contributed by atoms with van der Waals surface area (Å²) < 4.78 is 6.80. The van der Waals surface area contributed by atoms with E-state index in [1.807, 2.05) is 49.4 Å². The standard InChI is InChI=1S/C23H26N4O3/c1-17-6-5-9-19-22(17)24-16-27(23(19)29)15-21(28)25-20(18-7-3-2-4-8-18)14-26-10-12-30-13-11-26/h2-9,16,20H,10-15H2,1H3,(H,25,28). The van der Waals surface area contributed by atoms with Gasteiger partial charge in [0.25, 0.3) is 5.56 Å². The Morgan fingerprint density at radius 2 is 1.90 bits per heavy atom. The van der Waals surface area contributed by atoms with Gasteiger partial charge in [-0.2, -0.15) is 0 Å². The van der Waals surface area contributed by atoms with Crippen molar-refractivity contribution in [2.75, 3.05) is 32.8 Å². The summed E-state index contributed by atoms with van der Waals surface area (Å²) in [5.74, 6) is -0.215. The lowest BCUT2D eigenvalue weighted by molar-refractivity contribution is -0.122. The van der Waals surface area contributed by atoms with Gasteiger partial charge in [-0.1, -0.05) is 42.5 Å². The minimum atomic E-state index is -0.215. The van der Waals surface area contributed by atoms with Gasteiger partial charge in [0.1, 0.15) is 6.54 Å². The number of amides is 1. The number of nitrogens with zero attached hydrogens (tertiary/aromatic N) is 3. The van der Waals surface area contributed by atoms with Crippen LogP contribution in [0.4, 0.5) is 0 Å². The van der Waals surface area contributed by atoms with Crippen LogP contribution in [0.3, 0.4) is 0 Å². The molecule has 2 heterocycles. The third kappa shape index (κ3) is 4.58. The second-order valence-electron chi connectivity index (χ2n) is 7.59. The Labute approximate surface area is 175 Å². The number of carbonyl (C=O) groups excluding carboxylic acids is 1. The van der Waals surface area contributed by atoms with Crippen molar-refractivity contribution in [1.82, 2.24) is 19.8 Å². The summed E-state index contributed by atoms with van der Waals surface area (Å²) in [6.45, 7) is 5.63. The zero-order valence-corrected chi connectivity index (χ0v) is 17.1. The molecule has 0 spiro atoms. The van der Waals surface area contributed by atoms with E-state index in [1.165, 1.54) is 10.9 Å². The average Bonchev–Trinajstić information content (AvgIpc) is 2.77. The van der Waals surface area contributed by atoms with Crippen LogP contribution in [0.25, 0.3) is 10.9 Å². The highest BCUT2D eigenvalue weighted by Gasteiger charge is 2.20. The molecule has 1 atom stereocenters. The predicted octanol–water partition coefficient (Wildman–Crippen LogP) is 1.89. The molecule has 1 saturated heterocycles. The van der Waals surface area contributed by atoms with Gasteiger partial charge in [0.05, 0.1) is 36.5 Å². The van der Waals surface area contributed by atoms with Crippen LogP contribution in [-0.4, -0.2) is 53.2 Å². The monoisotopic (exact) mass is 406 g/mol. The van der Waals surface area contributed by atoms with E-state index < -0.39 is 0 Å². The van der Waals surface area contributed by atoms with Gasteiger partial charge >= 0.3 is 0 Å². The smallest absolute Gasteiger partial charge is 0.261 e. The van der Waals surface area contributed by atoms with Gasteiger partial charge in [-0.3, -0.25) is 19.1 Å². The maximum atomic E-state index is 12.9. The predicted molar refractivity (Wildman–Crippen MR) is 115 cm³/mol. The quantitative estimate of drug-likeness (QED) is 0.677. The SMILES string of the molecule is Cc1cccc2c(=O)n(CC(=O)NC(CN3CCOCC3)c3ccccc3)cnc12. The highest BCUT2D eigenvalue weighted by molar-refractivity contribution is 5.81. The number of benzene rings is 2. The van der Waals surface area contributed by atoms with Crippen LogP contribution in [0.1, 0.15) is 17.2 Å². The first-order valence-electron chi connectivity index (χ1n) is 10.2. The van der Waals surface area contributed by atoms with Gasteiger partial charge in [0.2, 0.25) is 5.91 Å². The average molecular weight is 406 g/mol. The van der Waals surface area contributed by atoms with E-state index in [0.717, 1.165) is 24.2 Å². The molecule has 1 amide bonds. The number of fused-ring (bicyclic) bond motifs is 1. The molecule has 2 aromatic carbocycles. The van der Waals surface area contributed by atoms with Crippen molar-refractivity contribution in [3.05, 3.63) is 76.3 Å². The van der Waals surface area contributed by atoms with Crippen molar-refractivity contribution in [2.24, 2.45) is 0 Å². The van der Waals surface area contributed by atoms with E-state index in [-0.39, 0.29) is 24.1 Å². The number of aromatic nitrogens is 2. The lowest BCUT2D eigenvalue weighted by atomic mass is 10.1. The third-order valence-corrected chi connectivity index (χ3v) is 5.45. The minimum absolute atomic E-state index is 0.0673. The zero-order chi connectivity index (χ0) is 20.9. The number of hydrogen-bond donors (Lipinski definition) is 1. The van der Waals surface area contributed by atoms with Crippen molar-refractivity contribution in [2.45, 2.75) is 19.5 Å². The highest BCUT2D eigenvalue weighted by Crippen LogP contribution is 2.16. The van der Waals surface area contributed by atoms with E-state index in [1.54, 1.807) is 6.07 Å². The molecule has 0 radical (unpaired) electrons. The molecule has 0 aliphatic carbocycles. The molecular formula is C23H26N4O3. The molecule has 1 aromatic heterocycles.